The predicted molar refractivity (Wildman–Crippen MR) is 105 cm³/mol. The van der Waals surface area contributed by atoms with E-state index >= 15 is 0 Å². The Morgan fingerprint density at radius 2 is 2.15 bits per heavy atom. The topological polar surface area (TPSA) is 78.5 Å². The number of H-pyrrole nitrogens is 1. The SMILES string of the molecule is Cc1[nH]ncc1CCCNc1nc(Nc2ccc(F)c(Cl)c2)ncc1Br. The molecule has 1 aromatic carbocycles. The van der Waals surface area contributed by atoms with E-state index in [2.05, 4.69) is 46.7 Å². The van der Waals surface area contributed by atoms with Gasteiger partial charge in [-0.1, -0.05) is 11.6 Å². The molecule has 0 unspecified atom stereocenters. The van der Waals surface area contributed by atoms with Crippen LogP contribution in [0.4, 0.5) is 21.8 Å². The number of benzene rings is 1. The van der Waals surface area contributed by atoms with E-state index in [-0.39, 0.29) is 5.02 Å². The van der Waals surface area contributed by atoms with E-state index in [1.54, 1.807) is 12.3 Å². The van der Waals surface area contributed by atoms with Gasteiger partial charge in [-0.2, -0.15) is 10.1 Å². The molecule has 0 atom stereocenters. The Kier molecular flexibility index (Phi) is 6.05. The number of nitrogens with one attached hydrogen (secondary N) is 3. The molecule has 0 bridgehead atoms. The summed E-state index contributed by atoms with van der Waals surface area (Å²) in [5.74, 6) is 0.604. The fourth-order valence-corrected chi connectivity index (χ4v) is 2.88. The minimum atomic E-state index is -0.468. The lowest BCUT2D eigenvalue weighted by Crippen LogP contribution is -2.07. The highest BCUT2D eigenvalue weighted by Crippen LogP contribution is 2.24. The number of aromatic amines is 1. The standard InChI is InChI=1S/C17H17BrClFN6/c1-10-11(8-23-26-10)3-2-6-21-16-13(18)9-22-17(25-16)24-12-4-5-15(20)14(19)7-12/h4-5,7-9H,2-3,6H2,1H3,(H,23,26)(H2,21,22,24,25). The van der Waals surface area contributed by atoms with Gasteiger partial charge in [-0.15, -0.1) is 0 Å². The second-order valence-corrected chi connectivity index (χ2v) is 6.96. The monoisotopic (exact) mass is 438 g/mol. The van der Waals surface area contributed by atoms with E-state index in [9.17, 15) is 4.39 Å². The number of hydrogen-bond donors (Lipinski definition) is 3. The third-order valence-electron chi connectivity index (χ3n) is 3.77. The molecule has 3 rings (SSSR count). The Hall–Kier alpha value is -2.19. The van der Waals surface area contributed by atoms with Crippen LogP contribution < -0.4 is 10.6 Å². The molecule has 6 nitrogen and oxygen atoms in total. The van der Waals surface area contributed by atoms with Crippen LogP contribution in [0.15, 0.2) is 35.1 Å². The van der Waals surface area contributed by atoms with Crippen molar-refractivity contribution >= 4 is 45.0 Å². The molecule has 0 saturated carbocycles. The lowest BCUT2D eigenvalue weighted by atomic mass is 10.1. The van der Waals surface area contributed by atoms with Crippen molar-refractivity contribution in [3.63, 3.8) is 0 Å². The summed E-state index contributed by atoms with van der Waals surface area (Å²) < 4.78 is 14.0. The minimum absolute atomic E-state index is 0.0417. The highest BCUT2D eigenvalue weighted by Gasteiger charge is 2.07. The molecule has 0 aliphatic rings. The van der Waals surface area contributed by atoms with Gasteiger partial charge in [-0.3, -0.25) is 5.10 Å². The maximum absolute atomic E-state index is 13.2. The molecule has 2 heterocycles. The Labute approximate surface area is 163 Å². The molecule has 0 aliphatic carbocycles. The van der Waals surface area contributed by atoms with Crippen molar-refractivity contribution in [2.45, 2.75) is 19.8 Å². The Morgan fingerprint density at radius 3 is 2.88 bits per heavy atom. The molecule has 3 N–H and O–H groups in total. The quantitative estimate of drug-likeness (QED) is 0.459. The highest BCUT2D eigenvalue weighted by molar-refractivity contribution is 9.10. The molecule has 0 aliphatic heterocycles. The van der Waals surface area contributed by atoms with E-state index in [0.29, 0.717) is 17.5 Å². The van der Waals surface area contributed by atoms with Crippen molar-refractivity contribution in [3.05, 3.63) is 57.2 Å². The van der Waals surface area contributed by atoms with E-state index < -0.39 is 5.82 Å². The lowest BCUT2D eigenvalue weighted by Gasteiger charge is -2.10. The molecule has 9 heteroatoms. The lowest BCUT2D eigenvalue weighted by molar-refractivity contribution is 0.628. The molecule has 0 radical (unpaired) electrons. The summed E-state index contributed by atoms with van der Waals surface area (Å²) in [7, 11) is 0. The summed E-state index contributed by atoms with van der Waals surface area (Å²) in [5.41, 5.74) is 2.92. The van der Waals surface area contributed by atoms with Crippen molar-refractivity contribution in [1.29, 1.82) is 0 Å². The zero-order valence-electron chi connectivity index (χ0n) is 14.0. The Morgan fingerprint density at radius 1 is 1.31 bits per heavy atom. The second-order valence-electron chi connectivity index (χ2n) is 5.69. The van der Waals surface area contributed by atoms with Crippen LogP contribution in [0.2, 0.25) is 5.02 Å². The van der Waals surface area contributed by atoms with Gasteiger partial charge in [0.05, 0.1) is 15.7 Å². The van der Waals surface area contributed by atoms with Gasteiger partial charge in [0.15, 0.2) is 0 Å². The van der Waals surface area contributed by atoms with Crippen molar-refractivity contribution in [2.75, 3.05) is 17.2 Å². The summed E-state index contributed by atoms with van der Waals surface area (Å²) in [6, 6.07) is 4.36. The average molecular weight is 440 g/mol. The summed E-state index contributed by atoms with van der Waals surface area (Å²) >= 11 is 9.23. The number of nitrogens with zero attached hydrogens (tertiary/aromatic N) is 3. The molecule has 26 heavy (non-hydrogen) atoms. The van der Waals surface area contributed by atoms with Crippen molar-refractivity contribution < 1.29 is 4.39 Å². The van der Waals surface area contributed by atoms with Crippen molar-refractivity contribution in [2.24, 2.45) is 0 Å². The number of aryl methyl sites for hydroxylation is 2. The maximum atomic E-state index is 13.2. The molecular weight excluding hydrogens is 423 g/mol. The predicted octanol–water partition coefficient (Wildman–Crippen LogP) is 4.85. The normalized spacial score (nSPS) is 10.8. The van der Waals surface area contributed by atoms with E-state index in [0.717, 1.165) is 29.6 Å². The van der Waals surface area contributed by atoms with Crippen LogP contribution in [0.5, 0.6) is 0 Å². The molecule has 0 saturated heterocycles. The third-order valence-corrected chi connectivity index (χ3v) is 4.64. The Bertz CT molecular complexity index is 901. The fourth-order valence-electron chi connectivity index (χ4n) is 2.37. The zero-order chi connectivity index (χ0) is 18.5. The first-order chi connectivity index (χ1) is 12.5. The van der Waals surface area contributed by atoms with Crippen LogP contribution in [0.1, 0.15) is 17.7 Å². The fraction of sp³-hybridized carbons (Fsp3) is 0.235. The first-order valence-electron chi connectivity index (χ1n) is 8.00. The number of aromatic nitrogens is 4. The molecule has 0 spiro atoms. The summed E-state index contributed by atoms with van der Waals surface area (Å²) in [6.45, 7) is 2.76. The smallest absolute Gasteiger partial charge is 0.229 e. The van der Waals surface area contributed by atoms with Crippen LogP contribution >= 0.6 is 27.5 Å². The average Bonchev–Trinajstić information content (AvgIpc) is 3.02. The molecule has 2 aromatic heterocycles. The van der Waals surface area contributed by atoms with E-state index in [1.165, 1.54) is 17.7 Å². The van der Waals surface area contributed by atoms with Gasteiger partial charge in [-0.25, -0.2) is 9.37 Å². The molecular formula is C17H17BrClFN6. The molecule has 3 aromatic rings. The summed E-state index contributed by atoms with van der Waals surface area (Å²) in [5, 5.41) is 13.3. The summed E-state index contributed by atoms with van der Waals surface area (Å²) in [4.78, 5) is 8.64. The number of halogens is 3. The van der Waals surface area contributed by atoms with Crippen LogP contribution in [-0.4, -0.2) is 26.7 Å². The van der Waals surface area contributed by atoms with Crippen molar-refractivity contribution in [3.8, 4) is 0 Å². The van der Waals surface area contributed by atoms with Crippen LogP contribution in [0.3, 0.4) is 0 Å². The van der Waals surface area contributed by atoms with Gasteiger partial charge in [0.1, 0.15) is 11.6 Å². The number of rotatable bonds is 7. The van der Waals surface area contributed by atoms with E-state index in [1.807, 2.05) is 13.1 Å². The van der Waals surface area contributed by atoms with Gasteiger partial charge in [0.2, 0.25) is 5.95 Å². The van der Waals surface area contributed by atoms with Crippen LogP contribution in [0, 0.1) is 12.7 Å². The number of anilines is 3. The largest absolute Gasteiger partial charge is 0.369 e. The molecule has 136 valence electrons. The Balaban J connectivity index is 1.60. The first-order valence-corrected chi connectivity index (χ1v) is 9.17. The third kappa shape index (κ3) is 4.70. The van der Waals surface area contributed by atoms with Crippen molar-refractivity contribution in [1.82, 2.24) is 20.2 Å². The zero-order valence-corrected chi connectivity index (χ0v) is 16.3. The van der Waals surface area contributed by atoms with Crippen LogP contribution in [-0.2, 0) is 6.42 Å². The van der Waals surface area contributed by atoms with Gasteiger partial charge >= 0.3 is 0 Å². The van der Waals surface area contributed by atoms with Gasteiger partial charge < -0.3 is 10.6 Å². The highest BCUT2D eigenvalue weighted by atomic mass is 79.9. The molecule has 0 amide bonds. The molecule has 0 fully saturated rings. The van der Waals surface area contributed by atoms with E-state index in [4.69, 9.17) is 11.6 Å². The van der Waals surface area contributed by atoms with Gasteiger partial charge in [0.25, 0.3) is 0 Å². The van der Waals surface area contributed by atoms with Crippen LogP contribution in [0.25, 0.3) is 0 Å². The van der Waals surface area contributed by atoms with Gasteiger partial charge in [0, 0.05) is 24.1 Å². The maximum Gasteiger partial charge on any atom is 0.229 e. The minimum Gasteiger partial charge on any atom is -0.369 e. The summed E-state index contributed by atoms with van der Waals surface area (Å²) in [6.07, 6.45) is 5.37. The number of hydrogen-bond acceptors (Lipinski definition) is 5. The second kappa shape index (κ2) is 8.46. The van der Waals surface area contributed by atoms with Gasteiger partial charge in [-0.05, 0) is 59.5 Å². The first kappa shape index (κ1) is 18.6.